The van der Waals surface area contributed by atoms with Crippen molar-refractivity contribution in [1.82, 2.24) is 10.3 Å². The molecule has 1 aromatic heterocycles. The molecule has 6 heteroatoms. The first-order chi connectivity index (χ1) is 13.7. The van der Waals surface area contributed by atoms with Gasteiger partial charge in [-0.3, -0.25) is 9.78 Å². The molecule has 144 valence electrons. The molecule has 1 heterocycles. The van der Waals surface area contributed by atoms with Crippen molar-refractivity contribution >= 4 is 17.5 Å². The maximum absolute atomic E-state index is 12.0. The van der Waals surface area contributed by atoms with Gasteiger partial charge in [-0.2, -0.15) is 0 Å². The number of hydrogen-bond donors (Lipinski definition) is 1. The van der Waals surface area contributed by atoms with Crippen LogP contribution in [0.4, 0.5) is 0 Å². The first-order valence-corrected chi connectivity index (χ1v) is 9.33. The molecule has 1 N–H and O–H groups in total. The van der Waals surface area contributed by atoms with Gasteiger partial charge in [-0.25, -0.2) is 0 Å². The summed E-state index contributed by atoms with van der Waals surface area (Å²) >= 11 is 5.83. The number of aromatic nitrogens is 1. The van der Waals surface area contributed by atoms with Crippen molar-refractivity contribution < 1.29 is 14.3 Å². The van der Waals surface area contributed by atoms with Crippen molar-refractivity contribution in [3.63, 3.8) is 0 Å². The Labute approximate surface area is 169 Å². The fourth-order valence-electron chi connectivity index (χ4n) is 2.47. The summed E-state index contributed by atoms with van der Waals surface area (Å²) in [6.45, 7) is 1.14. The van der Waals surface area contributed by atoms with Crippen LogP contribution in [-0.2, 0) is 17.9 Å². The molecule has 0 fully saturated rings. The number of benzene rings is 2. The van der Waals surface area contributed by atoms with Crippen molar-refractivity contribution in [2.24, 2.45) is 0 Å². The van der Waals surface area contributed by atoms with E-state index in [-0.39, 0.29) is 12.3 Å². The molecule has 0 aliphatic heterocycles. The Balaban J connectivity index is 1.40. The van der Waals surface area contributed by atoms with Gasteiger partial charge < -0.3 is 14.8 Å². The molecule has 0 saturated heterocycles. The Morgan fingerprint density at radius 1 is 0.964 bits per heavy atom. The molecule has 0 saturated carbocycles. The number of ether oxygens (including phenoxy) is 2. The van der Waals surface area contributed by atoms with Gasteiger partial charge in [-0.1, -0.05) is 29.8 Å². The summed E-state index contributed by atoms with van der Waals surface area (Å²) in [7, 11) is 0. The van der Waals surface area contributed by atoms with Crippen LogP contribution in [0.5, 0.6) is 11.5 Å². The maximum atomic E-state index is 12.0. The van der Waals surface area contributed by atoms with E-state index in [0.29, 0.717) is 30.5 Å². The van der Waals surface area contributed by atoms with E-state index in [1.165, 1.54) is 0 Å². The van der Waals surface area contributed by atoms with E-state index in [0.717, 1.165) is 17.0 Å². The molecule has 0 unspecified atom stereocenters. The van der Waals surface area contributed by atoms with Crippen LogP contribution in [0.1, 0.15) is 17.7 Å². The van der Waals surface area contributed by atoms with Gasteiger partial charge in [0.1, 0.15) is 18.1 Å². The second-order valence-electron chi connectivity index (χ2n) is 6.09. The minimum absolute atomic E-state index is 0.0752. The zero-order chi connectivity index (χ0) is 19.6. The largest absolute Gasteiger partial charge is 0.493 e. The first-order valence-electron chi connectivity index (χ1n) is 8.96. The number of carbonyl (C=O) groups is 1. The second kappa shape index (κ2) is 10.3. The average Bonchev–Trinajstić information content (AvgIpc) is 2.73. The Hall–Kier alpha value is -3.05. The average molecular weight is 397 g/mol. The van der Waals surface area contributed by atoms with Crippen LogP contribution in [0, 0.1) is 0 Å². The quantitative estimate of drug-likeness (QED) is 0.582. The molecule has 0 aliphatic rings. The standard InChI is InChI=1S/C22H21ClN2O3/c23-18-7-9-20(10-8-18)27-13-11-22(26)25-15-17-4-3-6-21(14-17)28-16-19-5-1-2-12-24-19/h1-10,12,14H,11,13,15-16H2,(H,25,26). The highest BCUT2D eigenvalue weighted by atomic mass is 35.5. The number of carbonyl (C=O) groups excluding carboxylic acids is 1. The van der Waals surface area contributed by atoms with Crippen LogP contribution in [0.2, 0.25) is 5.02 Å². The number of halogens is 1. The lowest BCUT2D eigenvalue weighted by Crippen LogP contribution is -2.24. The van der Waals surface area contributed by atoms with Crippen molar-refractivity contribution in [2.45, 2.75) is 19.6 Å². The third-order valence-electron chi connectivity index (χ3n) is 3.91. The topological polar surface area (TPSA) is 60.5 Å². The number of amides is 1. The third kappa shape index (κ3) is 6.59. The molecule has 3 rings (SSSR count). The van der Waals surface area contributed by atoms with Gasteiger partial charge in [0.05, 0.1) is 18.7 Å². The van der Waals surface area contributed by atoms with E-state index in [9.17, 15) is 4.79 Å². The Morgan fingerprint density at radius 3 is 2.61 bits per heavy atom. The summed E-state index contributed by atoms with van der Waals surface area (Å²) in [5.74, 6) is 1.35. The van der Waals surface area contributed by atoms with Gasteiger partial charge >= 0.3 is 0 Å². The molecule has 0 aliphatic carbocycles. The number of nitrogens with zero attached hydrogens (tertiary/aromatic N) is 1. The molecule has 0 spiro atoms. The molecule has 0 radical (unpaired) electrons. The minimum atomic E-state index is -0.0752. The van der Waals surface area contributed by atoms with E-state index >= 15 is 0 Å². The van der Waals surface area contributed by atoms with Gasteiger partial charge in [-0.05, 0) is 54.1 Å². The molecule has 0 bridgehead atoms. The molecule has 28 heavy (non-hydrogen) atoms. The van der Waals surface area contributed by atoms with Crippen LogP contribution in [0.15, 0.2) is 72.9 Å². The fraction of sp³-hybridized carbons (Fsp3) is 0.182. The van der Waals surface area contributed by atoms with Gasteiger partial charge in [0.15, 0.2) is 0 Å². The Bertz CT molecular complexity index is 886. The molecular weight excluding hydrogens is 376 g/mol. The molecule has 5 nitrogen and oxygen atoms in total. The summed E-state index contributed by atoms with van der Waals surface area (Å²) in [5.41, 5.74) is 1.83. The van der Waals surface area contributed by atoms with E-state index in [1.54, 1.807) is 30.5 Å². The highest BCUT2D eigenvalue weighted by Crippen LogP contribution is 2.16. The Morgan fingerprint density at radius 2 is 1.82 bits per heavy atom. The summed E-state index contributed by atoms with van der Waals surface area (Å²) in [5, 5.41) is 3.54. The van der Waals surface area contributed by atoms with E-state index in [1.807, 2.05) is 42.5 Å². The maximum Gasteiger partial charge on any atom is 0.223 e. The van der Waals surface area contributed by atoms with Crippen LogP contribution in [0.25, 0.3) is 0 Å². The van der Waals surface area contributed by atoms with Crippen LogP contribution >= 0.6 is 11.6 Å². The molecule has 1 amide bonds. The van der Waals surface area contributed by atoms with Gasteiger partial charge in [-0.15, -0.1) is 0 Å². The lowest BCUT2D eigenvalue weighted by Gasteiger charge is -2.09. The number of nitrogens with one attached hydrogen (secondary N) is 1. The summed E-state index contributed by atoms with van der Waals surface area (Å²) in [4.78, 5) is 16.2. The summed E-state index contributed by atoms with van der Waals surface area (Å²) < 4.78 is 11.3. The van der Waals surface area contributed by atoms with Crippen molar-refractivity contribution in [3.8, 4) is 11.5 Å². The lowest BCUT2D eigenvalue weighted by atomic mass is 10.2. The molecule has 2 aromatic carbocycles. The molecule has 0 atom stereocenters. The van der Waals surface area contributed by atoms with Gasteiger partial charge in [0.25, 0.3) is 0 Å². The smallest absolute Gasteiger partial charge is 0.223 e. The highest BCUT2D eigenvalue weighted by Gasteiger charge is 2.04. The second-order valence-corrected chi connectivity index (χ2v) is 6.52. The predicted octanol–water partition coefficient (Wildman–Crippen LogP) is 4.40. The van der Waals surface area contributed by atoms with Crippen molar-refractivity contribution in [2.75, 3.05) is 6.61 Å². The minimum Gasteiger partial charge on any atom is -0.493 e. The van der Waals surface area contributed by atoms with Crippen molar-refractivity contribution in [1.29, 1.82) is 0 Å². The van der Waals surface area contributed by atoms with E-state index in [4.69, 9.17) is 21.1 Å². The number of hydrogen-bond acceptors (Lipinski definition) is 4. The van der Waals surface area contributed by atoms with Crippen LogP contribution in [-0.4, -0.2) is 17.5 Å². The van der Waals surface area contributed by atoms with E-state index < -0.39 is 0 Å². The van der Waals surface area contributed by atoms with Crippen LogP contribution < -0.4 is 14.8 Å². The predicted molar refractivity (Wildman–Crippen MR) is 108 cm³/mol. The lowest BCUT2D eigenvalue weighted by molar-refractivity contribution is -0.121. The summed E-state index contributed by atoms with van der Waals surface area (Å²) in [6.07, 6.45) is 2.01. The zero-order valence-electron chi connectivity index (χ0n) is 15.3. The van der Waals surface area contributed by atoms with Crippen LogP contribution in [0.3, 0.4) is 0 Å². The normalized spacial score (nSPS) is 10.3. The Kier molecular flexibility index (Phi) is 7.27. The number of pyridine rings is 1. The summed E-state index contributed by atoms with van der Waals surface area (Å²) in [6, 6.07) is 20.4. The van der Waals surface area contributed by atoms with Crippen molar-refractivity contribution in [3.05, 3.63) is 89.2 Å². The zero-order valence-corrected chi connectivity index (χ0v) is 16.1. The monoisotopic (exact) mass is 396 g/mol. The fourth-order valence-corrected chi connectivity index (χ4v) is 2.59. The third-order valence-corrected chi connectivity index (χ3v) is 4.16. The molecular formula is C22H21ClN2O3. The van der Waals surface area contributed by atoms with Gasteiger partial charge in [0.2, 0.25) is 5.91 Å². The molecule has 3 aromatic rings. The van der Waals surface area contributed by atoms with E-state index in [2.05, 4.69) is 10.3 Å². The number of rotatable bonds is 9. The SMILES string of the molecule is O=C(CCOc1ccc(Cl)cc1)NCc1cccc(OCc2ccccn2)c1. The highest BCUT2D eigenvalue weighted by molar-refractivity contribution is 6.30. The first kappa shape index (κ1) is 19.7. The van der Waals surface area contributed by atoms with Gasteiger partial charge in [0, 0.05) is 17.8 Å².